The number of aromatic amines is 1. The van der Waals surface area contributed by atoms with Gasteiger partial charge in [0, 0.05) is 17.2 Å². The van der Waals surface area contributed by atoms with Crippen molar-refractivity contribution in [2.24, 2.45) is 17.8 Å². The van der Waals surface area contributed by atoms with Crippen molar-refractivity contribution in [3.8, 4) is 11.8 Å². The summed E-state index contributed by atoms with van der Waals surface area (Å²) in [6, 6.07) is 19.7. The van der Waals surface area contributed by atoms with E-state index in [1.54, 1.807) is 12.1 Å². The quantitative estimate of drug-likeness (QED) is 0.389. The molecule has 4 aliphatic rings. The molecule has 2 aromatic carbocycles. The Morgan fingerprint density at radius 2 is 1.67 bits per heavy atom. The number of para-hydroxylation sites is 2. The summed E-state index contributed by atoms with van der Waals surface area (Å²) >= 11 is 0. The first-order valence-electron chi connectivity index (χ1n) is 12.9. The fourth-order valence-electron chi connectivity index (χ4n) is 7.54. The van der Waals surface area contributed by atoms with Gasteiger partial charge in [0.2, 0.25) is 0 Å². The summed E-state index contributed by atoms with van der Waals surface area (Å²) < 4.78 is 1.95. The molecule has 8 rings (SSSR count). The molecule has 0 atom stereocenters. The Balaban J connectivity index is 1.39. The zero-order valence-electron chi connectivity index (χ0n) is 20.0. The van der Waals surface area contributed by atoms with Gasteiger partial charge >= 0.3 is 0 Å². The van der Waals surface area contributed by atoms with Crippen LogP contribution < -0.4 is 5.56 Å². The molecule has 0 amide bonds. The first-order valence-corrected chi connectivity index (χ1v) is 12.9. The second-order valence-corrected chi connectivity index (χ2v) is 11.0. The van der Waals surface area contributed by atoms with Crippen molar-refractivity contribution in [2.75, 3.05) is 0 Å². The lowest BCUT2D eigenvalue weighted by molar-refractivity contribution is -0.00742. The van der Waals surface area contributed by atoms with Crippen LogP contribution in [0.2, 0.25) is 0 Å². The van der Waals surface area contributed by atoms with Crippen LogP contribution >= 0.6 is 0 Å². The van der Waals surface area contributed by atoms with Crippen LogP contribution in [0.25, 0.3) is 28.2 Å². The van der Waals surface area contributed by atoms with Crippen molar-refractivity contribution in [3.05, 3.63) is 88.2 Å². The number of H-pyrrole nitrogens is 1. The molecule has 0 aliphatic heterocycles. The van der Waals surface area contributed by atoms with Gasteiger partial charge in [-0.15, -0.1) is 0 Å². The molecule has 0 radical (unpaired) electrons. The first kappa shape index (κ1) is 21.3. The van der Waals surface area contributed by atoms with Gasteiger partial charge in [-0.05, 0) is 86.6 Å². The molecule has 0 unspecified atom stereocenters. The molecule has 1 N–H and O–H groups in total. The summed E-state index contributed by atoms with van der Waals surface area (Å²) in [7, 11) is 0. The largest absolute Gasteiger partial charge is 0.305 e. The molecule has 4 bridgehead atoms. The minimum atomic E-state index is -0.238. The van der Waals surface area contributed by atoms with E-state index in [4.69, 9.17) is 5.10 Å². The van der Waals surface area contributed by atoms with E-state index in [9.17, 15) is 10.1 Å². The molecule has 178 valence electrons. The van der Waals surface area contributed by atoms with Crippen molar-refractivity contribution in [3.63, 3.8) is 0 Å². The zero-order chi connectivity index (χ0) is 24.3. The Bertz CT molecular complexity index is 1570. The van der Waals surface area contributed by atoms with Crippen LogP contribution in [0, 0.1) is 29.1 Å². The average Bonchev–Trinajstić information content (AvgIpc) is 3.32. The smallest absolute Gasteiger partial charge is 0.259 e. The fourth-order valence-corrected chi connectivity index (χ4v) is 7.54. The number of aromatic nitrogens is 4. The zero-order valence-corrected chi connectivity index (χ0v) is 20.0. The highest BCUT2D eigenvalue weighted by Gasteiger charge is 2.53. The highest BCUT2D eigenvalue weighted by atomic mass is 16.1. The van der Waals surface area contributed by atoms with E-state index in [1.807, 2.05) is 47.3 Å². The Morgan fingerprint density at radius 1 is 1.00 bits per heavy atom. The van der Waals surface area contributed by atoms with Crippen LogP contribution in [-0.4, -0.2) is 19.7 Å². The minimum Gasteiger partial charge on any atom is -0.305 e. The van der Waals surface area contributed by atoms with Gasteiger partial charge in [0.25, 0.3) is 5.56 Å². The lowest BCUT2D eigenvalue weighted by Gasteiger charge is -2.56. The third-order valence-electron chi connectivity index (χ3n) is 8.59. The highest BCUT2D eigenvalue weighted by Crippen LogP contribution is 2.61. The van der Waals surface area contributed by atoms with E-state index in [0.717, 1.165) is 34.7 Å². The van der Waals surface area contributed by atoms with Gasteiger partial charge < -0.3 is 4.98 Å². The summed E-state index contributed by atoms with van der Waals surface area (Å²) in [4.78, 5) is 20.2. The topological polar surface area (TPSA) is 87.4 Å². The number of rotatable bonds is 4. The van der Waals surface area contributed by atoms with Gasteiger partial charge in [-0.3, -0.25) is 4.79 Å². The second-order valence-electron chi connectivity index (χ2n) is 11.0. The number of nitrogens with one attached hydrogen (secondary N) is 1. The van der Waals surface area contributed by atoms with E-state index in [0.29, 0.717) is 22.3 Å². The Hall–Kier alpha value is -3.98. The van der Waals surface area contributed by atoms with Crippen molar-refractivity contribution < 1.29 is 0 Å². The number of benzene rings is 2. The Labute approximate surface area is 209 Å². The van der Waals surface area contributed by atoms with E-state index < -0.39 is 0 Å². The van der Waals surface area contributed by atoms with Crippen molar-refractivity contribution in [2.45, 2.75) is 43.9 Å². The lowest BCUT2D eigenvalue weighted by atomic mass is 9.48. The number of nitrogens with zero attached hydrogens (tertiary/aromatic N) is 4. The summed E-state index contributed by atoms with van der Waals surface area (Å²) in [6.45, 7) is 0. The monoisotopic (exact) mass is 473 g/mol. The molecule has 36 heavy (non-hydrogen) atoms. The van der Waals surface area contributed by atoms with E-state index in [1.165, 1.54) is 38.5 Å². The molecule has 4 saturated carbocycles. The van der Waals surface area contributed by atoms with Crippen molar-refractivity contribution in [1.82, 2.24) is 19.7 Å². The SMILES string of the molecule is N#C/C(=C\c1cn(-c2ccccc2)nc1C12CC3CC(CC(C3)C1)C2)c1nc2ccccc2c(=O)[nH]1. The summed E-state index contributed by atoms with van der Waals surface area (Å²) in [6.07, 6.45) is 11.5. The number of fused-ring (bicyclic) bond motifs is 1. The fraction of sp³-hybridized carbons (Fsp3) is 0.333. The van der Waals surface area contributed by atoms with E-state index >= 15 is 0 Å². The average molecular weight is 474 g/mol. The number of nitriles is 1. The highest BCUT2D eigenvalue weighted by molar-refractivity contribution is 5.89. The molecule has 0 spiro atoms. The maximum Gasteiger partial charge on any atom is 0.259 e. The molecular formula is C30H27N5O. The van der Waals surface area contributed by atoms with Crippen LogP contribution in [-0.2, 0) is 5.41 Å². The van der Waals surface area contributed by atoms with Crippen LogP contribution in [0.1, 0.15) is 55.6 Å². The maximum absolute atomic E-state index is 12.7. The standard InChI is InChI=1S/C30H27N5O/c31-17-22(28-32-26-9-5-4-8-25(26)29(36)33-28)13-23-18-35(24-6-2-1-3-7-24)34-27(23)30-14-19-10-20(15-30)12-21(11-19)16-30/h1-9,13,18-21H,10-12,14-16H2,(H,32,33,36)/b22-13+. The summed E-state index contributed by atoms with van der Waals surface area (Å²) in [5.74, 6) is 2.64. The number of hydrogen-bond acceptors (Lipinski definition) is 4. The molecule has 4 aromatic rings. The molecule has 0 saturated heterocycles. The summed E-state index contributed by atoms with van der Waals surface area (Å²) in [5, 5.41) is 15.9. The molecule has 2 heterocycles. The van der Waals surface area contributed by atoms with Crippen molar-refractivity contribution >= 4 is 22.6 Å². The normalized spacial score (nSPS) is 26.9. The van der Waals surface area contributed by atoms with Gasteiger partial charge in [0.15, 0.2) is 5.82 Å². The van der Waals surface area contributed by atoms with E-state index in [2.05, 4.69) is 28.2 Å². The Kier molecular flexibility index (Phi) is 4.75. The maximum atomic E-state index is 12.7. The number of hydrogen-bond donors (Lipinski definition) is 1. The minimum absolute atomic E-state index is 0.0609. The molecule has 6 nitrogen and oxygen atoms in total. The van der Waals surface area contributed by atoms with Gasteiger partial charge in [0.1, 0.15) is 6.07 Å². The van der Waals surface area contributed by atoms with Crippen molar-refractivity contribution in [1.29, 1.82) is 5.26 Å². The third-order valence-corrected chi connectivity index (χ3v) is 8.59. The van der Waals surface area contributed by atoms with Crippen LogP contribution in [0.5, 0.6) is 0 Å². The van der Waals surface area contributed by atoms with Gasteiger partial charge in [-0.2, -0.15) is 10.4 Å². The Morgan fingerprint density at radius 3 is 2.36 bits per heavy atom. The molecule has 4 fully saturated rings. The van der Waals surface area contributed by atoms with Crippen LogP contribution in [0.4, 0.5) is 0 Å². The lowest BCUT2D eigenvalue weighted by Crippen LogP contribution is -2.49. The molecular weight excluding hydrogens is 446 g/mol. The number of allylic oxidation sites excluding steroid dienone is 1. The van der Waals surface area contributed by atoms with Gasteiger partial charge in [-0.1, -0.05) is 30.3 Å². The second kappa shape index (κ2) is 8.03. The van der Waals surface area contributed by atoms with Crippen LogP contribution in [0.3, 0.4) is 0 Å². The van der Waals surface area contributed by atoms with Gasteiger partial charge in [-0.25, -0.2) is 9.67 Å². The predicted octanol–water partition coefficient (Wildman–Crippen LogP) is 5.64. The molecule has 4 aliphatic carbocycles. The predicted molar refractivity (Wildman–Crippen MR) is 139 cm³/mol. The van der Waals surface area contributed by atoms with Gasteiger partial charge in [0.05, 0.1) is 27.9 Å². The van der Waals surface area contributed by atoms with E-state index in [-0.39, 0.29) is 11.0 Å². The first-order chi connectivity index (χ1) is 17.6. The molecule has 6 heteroatoms. The summed E-state index contributed by atoms with van der Waals surface area (Å²) in [5.41, 5.74) is 3.80. The third kappa shape index (κ3) is 3.42. The molecule has 2 aromatic heterocycles. The van der Waals surface area contributed by atoms with Crippen LogP contribution in [0.15, 0.2) is 65.6 Å².